The number of nitrogens with one attached hydrogen (secondary N) is 2. The van der Waals surface area contributed by atoms with Crippen molar-refractivity contribution in [2.24, 2.45) is 5.73 Å². The van der Waals surface area contributed by atoms with Crippen LogP contribution < -0.4 is 11.1 Å². The Morgan fingerprint density at radius 3 is 2.82 bits per heavy atom. The second-order valence-electron chi connectivity index (χ2n) is 5.59. The lowest BCUT2D eigenvalue weighted by Gasteiger charge is -2.31. The maximum Gasteiger partial charge on any atom is 0.126 e. The standard InChI is InChI=1S/C13H22N4/c14-13(5-2-1-3-6-13)12-16-9-11(17-12)10-4-7-15-8-10/h9-10,15H,1-8,14H2,(H,16,17). The molecule has 2 aliphatic rings. The van der Waals surface area contributed by atoms with Crippen LogP contribution in [-0.4, -0.2) is 23.1 Å². The second kappa shape index (κ2) is 4.42. The Kier molecular flexibility index (Phi) is 2.92. The Morgan fingerprint density at radius 2 is 2.12 bits per heavy atom. The third-order valence-corrected chi connectivity index (χ3v) is 4.31. The molecule has 17 heavy (non-hydrogen) atoms. The van der Waals surface area contributed by atoms with Crippen LogP contribution in [0, 0.1) is 0 Å². The molecule has 1 aliphatic carbocycles. The quantitative estimate of drug-likeness (QED) is 0.728. The molecule has 4 heteroatoms. The van der Waals surface area contributed by atoms with E-state index in [4.69, 9.17) is 5.73 Å². The van der Waals surface area contributed by atoms with Crippen LogP contribution in [-0.2, 0) is 5.54 Å². The molecule has 2 fully saturated rings. The molecule has 94 valence electrons. The molecule has 1 aliphatic heterocycles. The first-order valence-corrected chi connectivity index (χ1v) is 6.83. The average Bonchev–Trinajstić information content (AvgIpc) is 3.01. The van der Waals surface area contributed by atoms with Crippen LogP contribution in [0.2, 0.25) is 0 Å². The molecule has 1 aromatic heterocycles. The van der Waals surface area contributed by atoms with Gasteiger partial charge in [-0.3, -0.25) is 0 Å². The maximum atomic E-state index is 6.48. The number of nitrogens with zero attached hydrogens (tertiary/aromatic N) is 1. The van der Waals surface area contributed by atoms with Crippen molar-refractivity contribution in [2.75, 3.05) is 13.1 Å². The Balaban J connectivity index is 1.78. The predicted molar refractivity (Wildman–Crippen MR) is 67.8 cm³/mol. The lowest BCUT2D eigenvalue weighted by atomic mass is 9.82. The predicted octanol–water partition coefficient (Wildman–Crippen LogP) is 1.60. The van der Waals surface area contributed by atoms with Crippen LogP contribution >= 0.6 is 0 Å². The molecular weight excluding hydrogens is 212 g/mol. The van der Waals surface area contributed by atoms with Crippen molar-refractivity contribution in [3.05, 3.63) is 17.7 Å². The first-order chi connectivity index (χ1) is 8.28. The highest BCUT2D eigenvalue weighted by molar-refractivity contribution is 5.15. The molecule has 0 aromatic carbocycles. The molecule has 1 saturated carbocycles. The van der Waals surface area contributed by atoms with Gasteiger partial charge in [0.2, 0.25) is 0 Å². The Hall–Kier alpha value is -0.870. The van der Waals surface area contributed by atoms with E-state index < -0.39 is 0 Å². The fourth-order valence-corrected chi connectivity index (χ4v) is 3.14. The Morgan fingerprint density at radius 1 is 1.29 bits per heavy atom. The summed E-state index contributed by atoms with van der Waals surface area (Å²) in [4.78, 5) is 8.04. The van der Waals surface area contributed by atoms with Gasteiger partial charge in [0.05, 0.1) is 5.54 Å². The minimum Gasteiger partial charge on any atom is -0.344 e. The number of rotatable bonds is 2. The van der Waals surface area contributed by atoms with E-state index in [-0.39, 0.29) is 5.54 Å². The number of aromatic amines is 1. The largest absolute Gasteiger partial charge is 0.344 e. The van der Waals surface area contributed by atoms with Gasteiger partial charge in [-0.15, -0.1) is 0 Å². The number of hydrogen-bond donors (Lipinski definition) is 3. The number of H-pyrrole nitrogens is 1. The zero-order valence-corrected chi connectivity index (χ0v) is 10.3. The minimum atomic E-state index is -0.192. The fourth-order valence-electron chi connectivity index (χ4n) is 3.14. The van der Waals surface area contributed by atoms with Gasteiger partial charge in [0.25, 0.3) is 0 Å². The lowest BCUT2D eigenvalue weighted by Crippen LogP contribution is -2.39. The van der Waals surface area contributed by atoms with Gasteiger partial charge in [-0.05, 0) is 25.8 Å². The smallest absolute Gasteiger partial charge is 0.126 e. The van der Waals surface area contributed by atoms with Crippen LogP contribution in [0.25, 0.3) is 0 Å². The number of aromatic nitrogens is 2. The van der Waals surface area contributed by atoms with Gasteiger partial charge in [0, 0.05) is 24.4 Å². The van der Waals surface area contributed by atoms with Crippen molar-refractivity contribution in [1.82, 2.24) is 15.3 Å². The first kappa shape index (κ1) is 11.2. The van der Waals surface area contributed by atoms with Gasteiger partial charge in [-0.2, -0.15) is 0 Å². The summed E-state index contributed by atoms with van der Waals surface area (Å²) < 4.78 is 0. The summed E-state index contributed by atoms with van der Waals surface area (Å²) in [6, 6.07) is 0. The van der Waals surface area contributed by atoms with E-state index in [9.17, 15) is 0 Å². The Labute approximate surface area is 102 Å². The van der Waals surface area contributed by atoms with Crippen LogP contribution in [0.4, 0.5) is 0 Å². The summed E-state index contributed by atoms with van der Waals surface area (Å²) in [5.41, 5.74) is 7.56. The van der Waals surface area contributed by atoms with Crippen molar-refractivity contribution >= 4 is 0 Å². The van der Waals surface area contributed by atoms with Gasteiger partial charge in [0.15, 0.2) is 0 Å². The average molecular weight is 234 g/mol. The molecule has 1 aromatic rings. The minimum absolute atomic E-state index is 0.192. The zero-order chi connectivity index (χ0) is 11.7. The maximum absolute atomic E-state index is 6.48. The fraction of sp³-hybridized carbons (Fsp3) is 0.769. The highest BCUT2D eigenvalue weighted by Gasteiger charge is 2.32. The summed E-state index contributed by atoms with van der Waals surface area (Å²) in [6.07, 6.45) is 9.13. The Bertz CT molecular complexity index is 373. The van der Waals surface area contributed by atoms with Crippen molar-refractivity contribution in [3.63, 3.8) is 0 Å². The van der Waals surface area contributed by atoms with E-state index in [1.54, 1.807) is 0 Å². The number of hydrogen-bond acceptors (Lipinski definition) is 3. The van der Waals surface area contributed by atoms with E-state index in [1.807, 2.05) is 6.20 Å². The van der Waals surface area contributed by atoms with E-state index in [0.29, 0.717) is 5.92 Å². The normalized spacial score (nSPS) is 28.4. The van der Waals surface area contributed by atoms with E-state index >= 15 is 0 Å². The van der Waals surface area contributed by atoms with Crippen LogP contribution in [0.3, 0.4) is 0 Å². The molecule has 0 radical (unpaired) electrons. The van der Waals surface area contributed by atoms with Crippen LogP contribution in [0.1, 0.15) is 56.0 Å². The van der Waals surface area contributed by atoms with Crippen LogP contribution in [0.5, 0.6) is 0 Å². The molecule has 0 spiro atoms. The van der Waals surface area contributed by atoms with Crippen molar-refractivity contribution in [1.29, 1.82) is 0 Å². The highest BCUT2D eigenvalue weighted by atomic mass is 15.0. The number of imidazole rings is 1. The molecule has 1 atom stereocenters. The summed E-state index contributed by atoms with van der Waals surface area (Å²) >= 11 is 0. The molecule has 0 amide bonds. The molecular formula is C13H22N4. The molecule has 4 nitrogen and oxygen atoms in total. The van der Waals surface area contributed by atoms with Gasteiger partial charge in [-0.25, -0.2) is 4.98 Å². The lowest BCUT2D eigenvalue weighted by molar-refractivity contribution is 0.288. The highest BCUT2D eigenvalue weighted by Crippen LogP contribution is 2.34. The van der Waals surface area contributed by atoms with Gasteiger partial charge < -0.3 is 16.0 Å². The van der Waals surface area contributed by atoms with E-state index in [2.05, 4.69) is 15.3 Å². The summed E-state index contributed by atoms with van der Waals surface area (Å²) in [5, 5.41) is 3.39. The molecule has 0 bridgehead atoms. The van der Waals surface area contributed by atoms with Crippen molar-refractivity contribution in [3.8, 4) is 0 Å². The third-order valence-electron chi connectivity index (χ3n) is 4.31. The van der Waals surface area contributed by atoms with Gasteiger partial charge in [-0.1, -0.05) is 19.3 Å². The first-order valence-electron chi connectivity index (χ1n) is 6.83. The van der Waals surface area contributed by atoms with Crippen LogP contribution in [0.15, 0.2) is 6.20 Å². The van der Waals surface area contributed by atoms with Crippen molar-refractivity contribution < 1.29 is 0 Å². The third kappa shape index (κ3) is 2.11. The number of nitrogens with two attached hydrogens (primary N) is 1. The van der Waals surface area contributed by atoms with E-state index in [0.717, 1.165) is 31.8 Å². The molecule has 4 N–H and O–H groups in total. The van der Waals surface area contributed by atoms with Gasteiger partial charge >= 0.3 is 0 Å². The van der Waals surface area contributed by atoms with Gasteiger partial charge in [0.1, 0.15) is 5.82 Å². The van der Waals surface area contributed by atoms with E-state index in [1.165, 1.54) is 31.4 Å². The molecule has 1 saturated heterocycles. The molecule has 1 unspecified atom stereocenters. The molecule has 2 heterocycles. The topological polar surface area (TPSA) is 66.7 Å². The zero-order valence-electron chi connectivity index (χ0n) is 10.3. The second-order valence-corrected chi connectivity index (χ2v) is 5.59. The monoisotopic (exact) mass is 234 g/mol. The summed E-state index contributed by atoms with van der Waals surface area (Å²) in [5.74, 6) is 1.61. The van der Waals surface area contributed by atoms with Crippen molar-refractivity contribution in [2.45, 2.75) is 50.0 Å². The summed E-state index contributed by atoms with van der Waals surface area (Å²) in [6.45, 7) is 2.19. The SMILES string of the molecule is NC1(c2ncc(C3CCNC3)[nH]2)CCCCC1. The molecule has 3 rings (SSSR count). The summed E-state index contributed by atoms with van der Waals surface area (Å²) in [7, 11) is 0.